The highest BCUT2D eigenvalue weighted by atomic mass is 35.5. The topological polar surface area (TPSA) is 66.8 Å². The van der Waals surface area contributed by atoms with E-state index >= 15 is 0 Å². The summed E-state index contributed by atoms with van der Waals surface area (Å²) in [5, 5.41) is 9.29. The number of carboxylic acids is 1. The third-order valence-electron chi connectivity index (χ3n) is 3.73. The average molecular weight is 362 g/mol. The van der Waals surface area contributed by atoms with Gasteiger partial charge in [-0.25, -0.2) is 4.79 Å². The molecule has 2 aromatic rings. The van der Waals surface area contributed by atoms with Crippen LogP contribution in [0, 0.1) is 0 Å². The average Bonchev–Trinajstić information content (AvgIpc) is 2.61. The van der Waals surface area contributed by atoms with E-state index in [2.05, 4.69) is 0 Å². The van der Waals surface area contributed by atoms with Gasteiger partial charge in [0.05, 0.1) is 0 Å². The van der Waals surface area contributed by atoms with E-state index in [4.69, 9.17) is 21.4 Å². The number of anilines is 1. The first kappa shape index (κ1) is 18.8. The first-order chi connectivity index (χ1) is 12.0. The van der Waals surface area contributed by atoms with Crippen LogP contribution in [0.25, 0.3) is 0 Å². The second-order valence-corrected chi connectivity index (χ2v) is 6.05. The molecule has 0 aliphatic heterocycles. The summed E-state index contributed by atoms with van der Waals surface area (Å²) < 4.78 is 5.07. The zero-order valence-electron chi connectivity index (χ0n) is 13.9. The van der Waals surface area contributed by atoms with E-state index in [0.717, 1.165) is 24.1 Å². The van der Waals surface area contributed by atoms with Crippen LogP contribution in [-0.4, -0.2) is 30.6 Å². The largest absolute Gasteiger partial charge is 0.482 e. The van der Waals surface area contributed by atoms with Crippen LogP contribution in [0.4, 0.5) is 5.69 Å². The summed E-state index contributed by atoms with van der Waals surface area (Å²) >= 11 is 5.85. The molecule has 2 rings (SSSR count). The molecule has 0 heterocycles. The monoisotopic (exact) mass is 361 g/mol. The minimum absolute atomic E-state index is 0.0215. The Bertz CT molecular complexity index is 713. The van der Waals surface area contributed by atoms with E-state index in [1.54, 1.807) is 36.2 Å². The van der Waals surface area contributed by atoms with Crippen LogP contribution in [0.2, 0.25) is 5.02 Å². The van der Waals surface area contributed by atoms with Gasteiger partial charge in [0.25, 0.3) is 0 Å². The minimum atomic E-state index is -1.03. The molecule has 0 fully saturated rings. The van der Waals surface area contributed by atoms with E-state index < -0.39 is 12.6 Å². The lowest BCUT2D eigenvalue weighted by Gasteiger charge is -2.17. The van der Waals surface area contributed by atoms with Gasteiger partial charge in [-0.1, -0.05) is 23.7 Å². The Balaban J connectivity index is 1.82. The summed E-state index contributed by atoms with van der Waals surface area (Å²) in [6, 6.07) is 14.4. The zero-order chi connectivity index (χ0) is 18.2. The molecule has 25 heavy (non-hydrogen) atoms. The predicted octanol–water partition coefficient (Wildman–Crippen LogP) is 3.79. The number of halogens is 1. The quantitative estimate of drug-likeness (QED) is 0.776. The Hall–Kier alpha value is -2.53. The summed E-state index contributed by atoms with van der Waals surface area (Å²) in [4.78, 5) is 24.3. The Morgan fingerprint density at radius 1 is 1.08 bits per heavy atom. The number of carbonyl (C=O) groups is 2. The minimum Gasteiger partial charge on any atom is -0.482 e. The number of nitrogens with zero attached hydrogens (tertiary/aromatic N) is 1. The molecule has 0 saturated carbocycles. The van der Waals surface area contributed by atoms with Crippen LogP contribution in [0.5, 0.6) is 5.75 Å². The van der Waals surface area contributed by atoms with Crippen molar-refractivity contribution in [1.29, 1.82) is 0 Å². The molecule has 1 N–H and O–H groups in total. The van der Waals surface area contributed by atoms with Crippen molar-refractivity contribution in [2.45, 2.75) is 19.3 Å². The number of carboxylic acid groups (broad SMARTS) is 1. The first-order valence-corrected chi connectivity index (χ1v) is 8.29. The van der Waals surface area contributed by atoms with E-state index in [9.17, 15) is 9.59 Å². The van der Waals surface area contributed by atoms with Gasteiger partial charge in [0.1, 0.15) is 5.75 Å². The summed E-state index contributed by atoms with van der Waals surface area (Å²) in [5.74, 6) is -0.556. The van der Waals surface area contributed by atoms with Crippen LogP contribution < -0.4 is 9.64 Å². The van der Waals surface area contributed by atoms with Gasteiger partial charge in [-0.15, -0.1) is 0 Å². The van der Waals surface area contributed by atoms with Crippen molar-refractivity contribution in [2.24, 2.45) is 0 Å². The van der Waals surface area contributed by atoms with Crippen LogP contribution in [0.15, 0.2) is 48.5 Å². The van der Waals surface area contributed by atoms with Crippen molar-refractivity contribution in [3.63, 3.8) is 0 Å². The molecule has 0 radical (unpaired) electrons. The van der Waals surface area contributed by atoms with Crippen molar-refractivity contribution in [3.8, 4) is 5.75 Å². The number of carbonyl (C=O) groups excluding carboxylic acids is 1. The fourth-order valence-corrected chi connectivity index (χ4v) is 2.44. The van der Waals surface area contributed by atoms with Crippen molar-refractivity contribution < 1.29 is 19.4 Å². The second-order valence-electron chi connectivity index (χ2n) is 5.61. The number of hydrogen-bond acceptors (Lipinski definition) is 3. The lowest BCUT2D eigenvalue weighted by molar-refractivity contribution is -0.139. The summed E-state index contributed by atoms with van der Waals surface area (Å²) in [5.41, 5.74) is 1.89. The van der Waals surface area contributed by atoms with E-state index in [1.807, 2.05) is 24.3 Å². The molecule has 1 amide bonds. The molecule has 2 aromatic carbocycles. The van der Waals surface area contributed by atoms with E-state index in [1.165, 1.54) is 0 Å². The van der Waals surface area contributed by atoms with Crippen LogP contribution in [-0.2, 0) is 16.0 Å². The van der Waals surface area contributed by atoms with Crippen LogP contribution in [0.1, 0.15) is 18.4 Å². The lowest BCUT2D eigenvalue weighted by Crippen LogP contribution is -2.25. The van der Waals surface area contributed by atoms with Gasteiger partial charge in [-0.3, -0.25) is 4.79 Å². The number of amides is 1. The number of benzene rings is 2. The fraction of sp³-hybridized carbons (Fsp3) is 0.263. The van der Waals surface area contributed by atoms with E-state index in [-0.39, 0.29) is 5.91 Å². The molecule has 0 saturated heterocycles. The molecule has 0 spiro atoms. The number of aliphatic carboxylic acids is 1. The number of ether oxygens (including phenoxy) is 1. The molecule has 0 bridgehead atoms. The highest BCUT2D eigenvalue weighted by Crippen LogP contribution is 2.20. The molecule has 0 aliphatic rings. The van der Waals surface area contributed by atoms with Gasteiger partial charge in [0.15, 0.2) is 6.61 Å². The molecular formula is C19H20ClNO4. The zero-order valence-corrected chi connectivity index (χ0v) is 14.7. The van der Waals surface area contributed by atoms with Crippen molar-refractivity contribution in [2.75, 3.05) is 18.6 Å². The Morgan fingerprint density at radius 2 is 1.72 bits per heavy atom. The fourth-order valence-electron chi connectivity index (χ4n) is 2.32. The standard InChI is InChI=1S/C19H20ClNO4/c1-21(16-9-11-17(12-10-16)25-13-19(23)24)18(22)4-2-3-14-5-7-15(20)8-6-14/h5-12H,2-4,13H2,1H3,(H,23,24). The molecular weight excluding hydrogens is 342 g/mol. The SMILES string of the molecule is CN(C(=O)CCCc1ccc(Cl)cc1)c1ccc(OCC(=O)O)cc1. The smallest absolute Gasteiger partial charge is 0.341 e. The highest BCUT2D eigenvalue weighted by molar-refractivity contribution is 6.30. The maximum absolute atomic E-state index is 12.3. The Kier molecular flexibility index (Phi) is 6.83. The Labute approximate surface area is 151 Å². The second kappa shape index (κ2) is 9.08. The number of hydrogen-bond donors (Lipinski definition) is 1. The molecule has 0 atom stereocenters. The molecule has 6 heteroatoms. The molecule has 0 unspecified atom stereocenters. The number of rotatable bonds is 8. The van der Waals surface area contributed by atoms with Gasteiger partial charge in [-0.2, -0.15) is 0 Å². The molecule has 5 nitrogen and oxygen atoms in total. The highest BCUT2D eigenvalue weighted by Gasteiger charge is 2.11. The van der Waals surface area contributed by atoms with Crippen molar-refractivity contribution in [1.82, 2.24) is 0 Å². The van der Waals surface area contributed by atoms with Gasteiger partial charge in [0, 0.05) is 24.2 Å². The van der Waals surface area contributed by atoms with Gasteiger partial charge in [0.2, 0.25) is 5.91 Å². The van der Waals surface area contributed by atoms with Gasteiger partial charge < -0.3 is 14.7 Å². The first-order valence-electron chi connectivity index (χ1n) is 7.91. The third kappa shape index (κ3) is 6.12. The van der Waals surface area contributed by atoms with Crippen LogP contribution >= 0.6 is 11.6 Å². The summed E-state index contributed by atoms with van der Waals surface area (Å²) in [6.07, 6.45) is 2.01. The van der Waals surface area contributed by atoms with Gasteiger partial charge >= 0.3 is 5.97 Å². The number of aryl methyl sites for hydroxylation is 1. The van der Waals surface area contributed by atoms with Crippen LogP contribution in [0.3, 0.4) is 0 Å². The normalized spacial score (nSPS) is 10.3. The van der Waals surface area contributed by atoms with Gasteiger partial charge in [-0.05, 0) is 54.8 Å². The molecule has 132 valence electrons. The van der Waals surface area contributed by atoms with Crippen molar-refractivity contribution in [3.05, 3.63) is 59.1 Å². The van der Waals surface area contributed by atoms with Crippen molar-refractivity contribution >= 4 is 29.2 Å². The van der Waals surface area contributed by atoms with E-state index in [0.29, 0.717) is 17.2 Å². The molecule has 0 aromatic heterocycles. The third-order valence-corrected chi connectivity index (χ3v) is 3.98. The molecule has 0 aliphatic carbocycles. The maximum atomic E-state index is 12.3. The Morgan fingerprint density at radius 3 is 2.32 bits per heavy atom. The summed E-state index contributed by atoms with van der Waals surface area (Å²) in [6.45, 7) is -0.390. The predicted molar refractivity (Wildman–Crippen MR) is 97.4 cm³/mol. The lowest BCUT2D eigenvalue weighted by atomic mass is 10.1. The maximum Gasteiger partial charge on any atom is 0.341 e. The summed E-state index contributed by atoms with van der Waals surface area (Å²) in [7, 11) is 1.72.